The summed E-state index contributed by atoms with van der Waals surface area (Å²) in [7, 11) is 0. The highest BCUT2D eigenvalue weighted by Gasteiger charge is 2.55. The maximum atomic E-state index is 3.05. The Kier molecular flexibility index (Phi) is 2.72. The monoisotopic (exact) mass is 320 g/mol. The third-order valence-corrected chi connectivity index (χ3v) is 18.6. The summed E-state index contributed by atoms with van der Waals surface area (Å²) in [6, 6.07) is 0. The lowest BCUT2D eigenvalue weighted by Gasteiger charge is -2.54. The molecule has 0 aliphatic heterocycles. The van der Waals surface area contributed by atoms with Gasteiger partial charge in [-0.25, -0.2) is 0 Å². The summed E-state index contributed by atoms with van der Waals surface area (Å²) in [4.78, 5) is 0. The van der Waals surface area contributed by atoms with E-state index in [9.17, 15) is 0 Å². The molecule has 0 bridgehead atoms. The van der Waals surface area contributed by atoms with Gasteiger partial charge in [0, 0.05) is 0 Å². The first kappa shape index (κ1) is 10.1. The van der Waals surface area contributed by atoms with E-state index >= 15 is 0 Å². The fourth-order valence-corrected chi connectivity index (χ4v) is 15.0. The van der Waals surface area contributed by atoms with Crippen molar-refractivity contribution in [2.75, 3.05) is 0 Å². The van der Waals surface area contributed by atoms with E-state index in [-0.39, 0.29) is 0 Å². The van der Waals surface area contributed by atoms with E-state index < -0.39 is 5.57 Å². The van der Waals surface area contributed by atoms with Crippen molar-refractivity contribution < 1.29 is 0 Å². The minimum Gasteiger partial charge on any atom is -0.118 e. The zero-order chi connectivity index (χ0) is 9.60. The summed E-state index contributed by atoms with van der Waals surface area (Å²) in [5.74, 6) is 0. The van der Waals surface area contributed by atoms with Crippen molar-refractivity contribution in [1.29, 1.82) is 0 Å². The standard InChI is InChI=1S/C12H21ISi/c13-14(10-4-1-5-10,11-6-2-7-11)12-8-3-9-12/h10-12H,1-9H2. The second-order valence-corrected chi connectivity index (χ2v) is 15.4. The maximum Gasteiger partial charge on any atom is 0.134 e. The summed E-state index contributed by atoms with van der Waals surface area (Å²) in [6.45, 7) is 0. The minimum absolute atomic E-state index is 0.829. The first-order chi connectivity index (χ1) is 6.82. The Labute approximate surface area is 101 Å². The number of halogens is 1. The Morgan fingerprint density at radius 1 is 0.643 bits per heavy atom. The summed E-state index contributed by atoms with van der Waals surface area (Å²) < 4.78 is 0. The molecule has 0 aromatic heterocycles. The smallest absolute Gasteiger partial charge is 0.118 e. The van der Waals surface area contributed by atoms with Gasteiger partial charge in [0.15, 0.2) is 0 Å². The number of rotatable bonds is 3. The number of hydrogen-bond acceptors (Lipinski definition) is 0. The fourth-order valence-electron chi connectivity index (χ4n) is 3.55. The Hall–Kier alpha value is 0.947. The molecule has 0 aromatic carbocycles. The quantitative estimate of drug-likeness (QED) is 0.389. The molecule has 3 aliphatic carbocycles. The minimum atomic E-state index is -0.829. The van der Waals surface area contributed by atoms with Crippen molar-refractivity contribution in [3.8, 4) is 0 Å². The molecule has 0 atom stereocenters. The van der Waals surface area contributed by atoms with E-state index in [0.717, 1.165) is 0 Å². The molecule has 0 unspecified atom stereocenters. The van der Waals surface area contributed by atoms with Crippen molar-refractivity contribution in [2.45, 2.75) is 74.4 Å². The lowest BCUT2D eigenvalue weighted by atomic mass is 9.97. The van der Waals surface area contributed by atoms with Gasteiger partial charge in [0.2, 0.25) is 0 Å². The summed E-state index contributed by atoms with van der Waals surface area (Å²) in [5, 5.41) is 0. The zero-order valence-electron chi connectivity index (χ0n) is 8.97. The van der Waals surface area contributed by atoms with Crippen LogP contribution in [0.2, 0.25) is 16.6 Å². The van der Waals surface area contributed by atoms with E-state index in [1.54, 1.807) is 57.8 Å². The van der Waals surface area contributed by atoms with Gasteiger partial charge in [0.1, 0.15) is 5.57 Å². The first-order valence-corrected chi connectivity index (χ1v) is 11.9. The maximum absolute atomic E-state index is 3.05. The molecule has 2 heteroatoms. The van der Waals surface area contributed by atoms with Gasteiger partial charge >= 0.3 is 0 Å². The molecule has 0 nitrogen and oxygen atoms in total. The van der Waals surface area contributed by atoms with Crippen LogP contribution in [0.15, 0.2) is 0 Å². The molecule has 0 heterocycles. The molecular weight excluding hydrogens is 299 g/mol. The molecule has 0 aromatic rings. The van der Waals surface area contributed by atoms with Crippen LogP contribution >= 0.6 is 21.8 Å². The molecule has 0 radical (unpaired) electrons. The second kappa shape index (κ2) is 3.76. The van der Waals surface area contributed by atoms with Gasteiger partial charge in [-0.3, -0.25) is 0 Å². The van der Waals surface area contributed by atoms with E-state index in [4.69, 9.17) is 0 Å². The fraction of sp³-hybridized carbons (Fsp3) is 1.00. The molecule has 0 amide bonds. The van der Waals surface area contributed by atoms with Gasteiger partial charge in [-0.1, -0.05) is 57.8 Å². The molecule has 0 saturated heterocycles. The van der Waals surface area contributed by atoms with Gasteiger partial charge in [-0.05, 0) is 16.6 Å². The third kappa shape index (κ3) is 1.35. The molecule has 3 rings (SSSR count). The molecule has 80 valence electrons. The predicted molar refractivity (Wildman–Crippen MR) is 72.6 cm³/mol. The van der Waals surface area contributed by atoms with E-state index in [1.807, 2.05) is 0 Å². The van der Waals surface area contributed by atoms with Crippen LogP contribution in [-0.2, 0) is 0 Å². The van der Waals surface area contributed by atoms with Gasteiger partial charge < -0.3 is 0 Å². The number of hydrogen-bond donors (Lipinski definition) is 0. The van der Waals surface area contributed by atoms with Crippen molar-refractivity contribution in [3.05, 3.63) is 0 Å². The largest absolute Gasteiger partial charge is 0.134 e. The van der Waals surface area contributed by atoms with Crippen LogP contribution in [0, 0.1) is 0 Å². The highest BCUT2D eigenvalue weighted by atomic mass is 127. The second-order valence-electron chi connectivity index (χ2n) is 5.71. The topological polar surface area (TPSA) is 0 Å². The lowest BCUT2D eigenvalue weighted by molar-refractivity contribution is 0.398. The molecule has 3 aliphatic rings. The van der Waals surface area contributed by atoms with Crippen LogP contribution in [0.4, 0.5) is 0 Å². The van der Waals surface area contributed by atoms with Crippen LogP contribution in [0.3, 0.4) is 0 Å². The summed E-state index contributed by atoms with van der Waals surface area (Å²) >= 11 is 3.05. The lowest BCUT2D eigenvalue weighted by Crippen LogP contribution is -2.49. The molecule has 3 saturated carbocycles. The van der Waals surface area contributed by atoms with E-state index in [2.05, 4.69) is 21.8 Å². The zero-order valence-corrected chi connectivity index (χ0v) is 12.1. The van der Waals surface area contributed by atoms with Crippen molar-refractivity contribution >= 4 is 27.4 Å². The summed E-state index contributed by atoms with van der Waals surface area (Å²) in [5.41, 5.74) is 2.92. The Bertz CT molecular complexity index is 180. The van der Waals surface area contributed by atoms with E-state index in [0.29, 0.717) is 0 Å². The highest BCUT2D eigenvalue weighted by molar-refractivity contribution is 14.1. The molecule has 0 spiro atoms. The van der Waals surface area contributed by atoms with Gasteiger partial charge in [-0.2, -0.15) is 0 Å². The van der Waals surface area contributed by atoms with Gasteiger partial charge in [0.05, 0.1) is 0 Å². The van der Waals surface area contributed by atoms with Crippen molar-refractivity contribution in [1.82, 2.24) is 0 Å². The Morgan fingerprint density at radius 3 is 1.07 bits per heavy atom. The van der Waals surface area contributed by atoms with E-state index in [1.165, 1.54) is 16.6 Å². The van der Waals surface area contributed by atoms with Gasteiger partial charge in [0.25, 0.3) is 0 Å². The Morgan fingerprint density at radius 2 is 0.929 bits per heavy atom. The molecule has 0 N–H and O–H groups in total. The predicted octanol–water partition coefficient (Wildman–Crippen LogP) is 5.03. The SMILES string of the molecule is I[Si](C1CCC1)(C1CCC1)C1CCC1. The van der Waals surface area contributed by atoms with Gasteiger partial charge in [-0.15, -0.1) is 21.8 Å². The van der Waals surface area contributed by atoms with Crippen LogP contribution in [0.1, 0.15) is 57.8 Å². The van der Waals surface area contributed by atoms with Crippen molar-refractivity contribution in [3.63, 3.8) is 0 Å². The van der Waals surface area contributed by atoms with Crippen LogP contribution in [0.5, 0.6) is 0 Å². The van der Waals surface area contributed by atoms with Crippen LogP contribution in [0.25, 0.3) is 0 Å². The Balaban J connectivity index is 1.76. The van der Waals surface area contributed by atoms with Crippen LogP contribution < -0.4 is 0 Å². The van der Waals surface area contributed by atoms with Crippen molar-refractivity contribution in [2.24, 2.45) is 0 Å². The van der Waals surface area contributed by atoms with Crippen LogP contribution in [-0.4, -0.2) is 5.57 Å². The molecular formula is C12H21ISi. The molecule has 14 heavy (non-hydrogen) atoms. The summed E-state index contributed by atoms with van der Waals surface area (Å²) in [6.07, 6.45) is 14.4. The highest BCUT2D eigenvalue weighted by Crippen LogP contribution is 2.64. The third-order valence-electron chi connectivity index (χ3n) is 5.19. The average Bonchev–Trinajstić information content (AvgIpc) is 1.69. The first-order valence-electron chi connectivity index (χ1n) is 6.50. The average molecular weight is 320 g/mol. The normalized spacial score (nSPS) is 30.6. The molecule has 3 fully saturated rings.